The Morgan fingerprint density at radius 2 is 1.75 bits per heavy atom. The number of carbonyl (C=O) groups excluding carboxylic acids is 2. The second-order valence-electron chi connectivity index (χ2n) is 5.94. The van der Waals surface area contributed by atoms with Gasteiger partial charge < -0.3 is 9.64 Å². The van der Waals surface area contributed by atoms with Gasteiger partial charge in [0.25, 0.3) is 5.91 Å². The largest absolute Gasteiger partial charge is 0.465 e. The van der Waals surface area contributed by atoms with Crippen LogP contribution in [0.15, 0.2) is 48.5 Å². The number of hydrogen-bond acceptors (Lipinski definition) is 3. The first-order valence-corrected chi connectivity index (χ1v) is 8.22. The van der Waals surface area contributed by atoms with Gasteiger partial charge in [0.05, 0.1) is 18.7 Å². The van der Waals surface area contributed by atoms with Crippen LogP contribution in [-0.2, 0) is 11.2 Å². The van der Waals surface area contributed by atoms with Crippen LogP contribution in [0, 0.1) is 0 Å². The van der Waals surface area contributed by atoms with Gasteiger partial charge in [0.1, 0.15) is 0 Å². The molecule has 0 radical (unpaired) electrons. The predicted molar refractivity (Wildman–Crippen MR) is 92.0 cm³/mol. The van der Waals surface area contributed by atoms with Crippen LogP contribution in [-0.4, -0.2) is 30.4 Å². The lowest BCUT2D eigenvalue weighted by molar-refractivity contribution is 0.0598. The molecule has 0 saturated heterocycles. The zero-order valence-electron chi connectivity index (χ0n) is 14.0. The first kappa shape index (κ1) is 16.2. The standard InChI is InChI=1S/C20H21NO3/c1-3-18-17-7-5-4-6-14(17)12-13-21(18)19(22)15-8-10-16(11-9-15)20(23)24-2/h4-11,18H,3,12-13H2,1-2H3. The Labute approximate surface area is 142 Å². The number of ether oxygens (including phenoxy) is 1. The van der Waals surface area contributed by atoms with E-state index in [0.29, 0.717) is 17.7 Å². The van der Waals surface area contributed by atoms with Crippen LogP contribution in [0.25, 0.3) is 0 Å². The van der Waals surface area contributed by atoms with Crippen molar-refractivity contribution >= 4 is 11.9 Å². The molecular formula is C20H21NO3. The highest BCUT2D eigenvalue weighted by molar-refractivity contribution is 5.96. The fraction of sp³-hybridized carbons (Fsp3) is 0.300. The van der Waals surface area contributed by atoms with Crippen LogP contribution in [0.1, 0.15) is 51.2 Å². The molecule has 1 aliphatic rings. The third kappa shape index (κ3) is 2.92. The summed E-state index contributed by atoms with van der Waals surface area (Å²) in [5.41, 5.74) is 3.62. The smallest absolute Gasteiger partial charge is 0.337 e. The predicted octanol–water partition coefficient (Wildman–Crippen LogP) is 3.62. The van der Waals surface area contributed by atoms with E-state index in [1.54, 1.807) is 24.3 Å². The fourth-order valence-electron chi connectivity index (χ4n) is 3.37. The van der Waals surface area contributed by atoms with Crippen molar-refractivity contribution in [2.45, 2.75) is 25.8 Å². The molecule has 1 unspecified atom stereocenters. The van der Waals surface area contributed by atoms with Crippen LogP contribution < -0.4 is 0 Å². The number of methoxy groups -OCH3 is 1. The maximum Gasteiger partial charge on any atom is 0.337 e. The summed E-state index contributed by atoms with van der Waals surface area (Å²) in [7, 11) is 1.35. The average molecular weight is 323 g/mol. The molecule has 0 bridgehead atoms. The topological polar surface area (TPSA) is 46.6 Å². The highest BCUT2D eigenvalue weighted by Gasteiger charge is 2.29. The molecule has 4 nitrogen and oxygen atoms in total. The molecule has 1 aliphatic heterocycles. The van der Waals surface area contributed by atoms with E-state index in [9.17, 15) is 9.59 Å². The number of benzene rings is 2. The Bertz CT molecular complexity index is 752. The molecule has 3 rings (SSSR count). The van der Waals surface area contributed by atoms with Crippen LogP contribution in [0.5, 0.6) is 0 Å². The molecule has 4 heteroatoms. The quantitative estimate of drug-likeness (QED) is 0.811. The number of hydrogen-bond donors (Lipinski definition) is 0. The van der Waals surface area contributed by atoms with Crippen LogP contribution in [0.2, 0.25) is 0 Å². The van der Waals surface area contributed by atoms with Crippen LogP contribution in [0.4, 0.5) is 0 Å². The molecule has 0 N–H and O–H groups in total. The minimum atomic E-state index is -0.396. The van der Waals surface area contributed by atoms with E-state index in [1.165, 1.54) is 18.2 Å². The van der Waals surface area contributed by atoms with Crippen molar-refractivity contribution < 1.29 is 14.3 Å². The molecule has 2 aromatic rings. The summed E-state index contributed by atoms with van der Waals surface area (Å²) in [4.78, 5) is 26.4. The maximum absolute atomic E-state index is 12.9. The molecule has 0 aliphatic carbocycles. The van der Waals surface area contributed by atoms with Gasteiger partial charge in [-0.15, -0.1) is 0 Å². The van der Waals surface area contributed by atoms with E-state index in [4.69, 9.17) is 4.74 Å². The molecule has 1 atom stereocenters. The fourth-order valence-corrected chi connectivity index (χ4v) is 3.37. The highest BCUT2D eigenvalue weighted by Crippen LogP contribution is 2.33. The summed E-state index contributed by atoms with van der Waals surface area (Å²) in [5.74, 6) is -0.389. The van der Waals surface area contributed by atoms with E-state index < -0.39 is 5.97 Å². The van der Waals surface area contributed by atoms with Crippen molar-refractivity contribution in [1.29, 1.82) is 0 Å². The first-order chi connectivity index (χ1) is 11.7. The van der Waals surface area contributed by atoms with E-state index in [-0.39, 0.29) is 11.9 Å². The second kappa shape index (κ2) is 6.87. The summed E-state index contributed by atoms with van der Waals surface area (Å²) in [5, 5.41) is 0. The lowest BCUT2D eigenvalue weighted by Crippen LogP contribution is -2.39. The van der Waals surface area contributed by atoms with Gasteiger partial charge in [-0.25, -0.2) is 4.79 Å². The van der Waals surface area contributed by atoms with Crippen LogP contribution in [0.3, 0.4) is 0 Å². The van der Waals surface area contributed by atoms with Crippen molar-refractivity contribution in [1.82, 2.24) is 4.90 Å². The Balaban J connectivity index is 1.86. The van der Waals surface area contributed by atoms with Gasteiger partial charge in [0.15, 0.2) is 0 Å². The SMILES string of the molecule is CCC1c2ccccc2CCN1C(=O)c1ccc(C(=O)OC)cc1. The Morgan fingerprint density at radius 1 is 1.08 bits per heavy atom. The molecule has 0 spiro atoms. The maximum atomic E-state index is 12.9. The van der Waals surface area contributed by atoms with E-state index in [2.05, 4.69) is 25.1 Å². The van der Waals surface area contributed by atoms with Crippen LogP contribution >= 0.6 is 0 Å². The van der Waals surface area contributed by atoms with Gasteiger partial charge >= 0.3 is 5.97 Å². The molecule has 0 fully saturated rings. The first-order valence-electron chi connectivity index (χ1n) is 8.22. The number of nitrogens with zero attached hydrogens (tertiary/aromatic N) is 1. The number of esters is 1. The second-order valence-corrected chi connectivity index (χ2v) is 5.94. The third-order valence-corrected chi connectivity index (χ3v) is 4.61. The van der Waals surface area contributed by atoms with Gasteiger partial charge in [-0.05, 0) is 48.2 Å². The lowest BCUT2D eigenvalue weighted by atomic mass is 9.90. The van der Waals surface area contributed by atoms with Gasteiger partial charge in [0, 0.05) is 12.1 Å². The molecule has 2 aromatic carbocycles. The Morgan fingerprint density at radius 3 is 2.42 bits per heavy atom. The van der Waals surface area contributed by atoms with E-state index >= 15 is 0 Å². The van der Waals surface area contributed by atoms with Gasteiger partial charge in [-0.3, -0.25) is 4.79 Å². The highest BCUT2D eigenvalue weighted by atomic mass is 16.5. The van der Waals surface area contributed by atoms with Crippen molar-refractivity contribution in [3.63, 3.8) is 0 Å². The molecular weight excluding hydrogens is 302 g/mol. The molecule has 124 valence electrons. The van der Waals surface area contributed by atoms with Gasteiger partial charge in [0.2, 0.25) is 0 Å². The molecule has 24 heavy (non-hydrogen) atoms. The monoisotopic (exact) mass is 323 g/mol. The normalized spacial score (nSPS) is 16.4. The zero-order valence-corrected chi connectivity index (χ0v) is 14.0. The molecule has 1 heterocycles. The van der Waals surface area contributed by atoms with E-state index in [1.807, 2.05) is 11.0 Å². The van der Waals surface area contributed by atoms with Crippen molar-refractivity contribution in [3.8, 4) is 0 Å². The minimum absolute atomic E-state index is 0.00719. The molecule has 0 saturated carbocycles. The van der Waals surface area contributed by atoms with Crippen molar-refractivity contribution in [2.24, 2.45) is 0 Å². The summed E-state index contributed by atoms with van der Waals surface area (Å²) < 4.78 is 4.69. The van der Waals surface area contributed by atoms with Crippen molar-refractivity contribution in [2.75, 3.05) is 13.7 Å². The Kier molecular flexibility index (Phi) is 4.65. The number of amides is 1. The van der Waals surface area contributed by atoms with Gasteiger partial charge in [-0.1, -0.05) is 31.2 Å². The summed E-state index contributed by atoms with van der Waals surface area (Å²) in [6, 6.07) is 15.1. The zero-order chi connectivity index (χ0) is 17.1. The molecule has 1 amide bonds. The summed E-state index contributed by atoms with van der Waals surface area (Å²) >= 11 is 0. The molecule has 0 aromatic heterocycles. The third-order valence-electron chi connectivity index (χ3n) is 4.61. The summed E-state index contributed by atoms with van der Waals surface area (Å²) in [6.45, 7) is 2.82. The summed E-state index contributed by atoms with van der Waals surface area (Å²) in [6.07, 6.45) is 1.75. The average Bonchev–Trinajstić information content (AvgIpc) is 2.65. The Hall–Kier alpha value is -2.62. The van der Waals surface area contributed by atoms with Gasteiger partial charge in [-0.2, -0.15) is 0 Å². The lowest BCUT2D eigenvalue weighted by Gasteiger charge is -2.37. The van der Waals surface area contributed by atoms with E-state index in [0.717, 1.165) is 12.8 Å². The number of rotatable bonds is 3. The number of carbonyl (C=O) groups is 2. The minimum Gasteiger partial charge on any atom is -0.465 e. The number of fused-ring (bicyclic) bond motifs is 1. The van der Waals surface area contributed by atoms with Crippen molar-refractivity contribution in [3.05, 3.63) is 70.8 Å².